The van der Waals surface area contributed by atoms with Crippen molar-refractivity contribution >= 4 is 29.0 Å². The molecule has 1 unspecified atom stereocenters. The number of carbonyl (C=O) groups excluding carboxylic acids is 2. The van der Waals surface area contributed by atoms with Crippen LogP contribution in [-0.4, -0.2) is 39.9 Å². The lowest BCUT2D eigenvalue weighted by Crippen LogP contribution is -2.29. The van der Waals surface area contributed by atoms with Gasteiger partial charge >= 0.3 is 0 Å². The smallest absolute Gasteiger partial charge is 0.235 e. The number of benzene rings is 2. The molecule has 0 saturated carbocycles. The van der Waals surface area contributed by atoms with Gasteiger partial charge in [-0.1, -0.05) is 35.9 Å². The summed E-state index contributed by atoms with van der Waals surface area (Å²) in [5, 5.41) is 8.29. The number of carbonyl (C=O) groups is 2. The molecule has 0 bridgehead atoms. The maximum atomic E-state index is 13.7. The lowest BCUT2D eigenvalue weighted by molar-refractivity contribution is -0.132. The van der Waals surface area contributed by atoms with Crippen LogP contribution in [0.25, 0.3) is 0 Å². The number of rotatable bonds is 5. The summed E-state index contributed by atoms with van der Waals surface area (Å²) in [6.45, 7) is 4.30. The lowest BCUT2D eigenvalue weighted by Gasteiger charge is -2.20. The molecule has 33 heavy (non-hydrogen) atoms. The van der Waals surface area contributed by atoms with Crippen molar-refractivity contribution in [2.24, 2.45) is 0 Å². The Balaban J connectivity index is 1.44. The van der Waals surface area contributed by atoms with Gasteiger partial charge in [0.1, 0.15) is 0 Å². The fraction of sp³-hybridized carbons (Fsp3) is 0.360. The first-order chi connectivity index (χ1) is 16.0. The molecule has 1 atom stereocenters. The summed E-state index contributed by atoms with van der Waals surface area (Å²) in [5.41, 5.74) is 3.28. The van der Waals surface area contributed by atoms with Crippen LogP contribution < -0.4 is 4.90 Å². The van der Waals surface area contributed by atoms with Crippen molar-refractivity contribution in [2.45, 2.75) is 45.2 Å². The second-order valence-corrected chi connectivity index (χ2v) is 9.05. The van der Waals surface area contributed by atoms with E-state index in [1.54, 1.807) is 17.9 Å². The number of halogens is 1. The molecule has 3 heterocycles. The van der Waals surface area contributed by atoms with Gasteiger partial charge in [0.25, 0.3) is 0 Å². The van der Waals surface area contributed by atoms with Gasteiger partial charge in [-0.05, 0) is 42.2 Å². The van der Waals surface area contributed by atoms with Crippen molar-refractivity contribution in [3.63, 3.8) is 0 Å². The molecule has 0 radical (unpaired) electrons. The van der Waals surface area contributed by atoms with Crippen molar-refractivity contribution in [3.8, 4) is 0 Å². The first-order valence-corrected chi connectivity index (χ1v) is 11.6. The highest BCUT2D eigenvalue weighted by molar-refractivity contribution is 6.34. The van der Waals surface area contributed by atoms with Crippen molar-refractivity contribution < 1.29 is 14.0 Å². The third-order valence-electron chi connectivity index (χ3n) is 6.42. The number of amides is 1. The van der Waals surface area contributed by atoms with E-state index in [0.717, 1.165) is 29.9 Å². The van der Waals surface area contributed by atoms with Crippen LogP contribution in [-0.2, 0) is 17.9 Å². The van der Waals surface area contributed by atoms with Gasteiger partial charge in [-0.2, -0.15) is 0 Å². The maximum Gasteiger partial charge on any atom is 0.235 e. The van der Waals surface area contributed by atoms with Crippen molar-refractivity contribution in [3.05, 3.63) is 76.0 Å². The Morgan fingerprint density at radius 2 is 1.94 bits per heavy atom. The van der Waals surface area contributed by atoms with Crippen LogP contribution in [0.1, 0.15) is 58.4 Å². The van der Waals surface area contributed by atoms with Gasteiger partial charge in [0.05, 0.1) is 17.5 Å². The van der Waals surface area contributed by atoms with Gasteiger partial charge in [-0.25, -0.2) is 0 Å². The Morgan fingerprint density at radius 3 is 2.67 bits per heavy atom. The second-order valence-electron chi connectivity index (χ2n) is 8.64. The predicted molar refractivity (Wildman–Crippen MR) is 124 cm³/mol. The van der Waals surface area contributed by atoms with Crippen LogP contribution >= 0.6 is 11.6 Å². The Kier molecular flexibility index (Phi) is 5.89. The van der Waals surface area contributed by atoms with E-state index in [0.29, 0.717) is 28.9 Å². The highest BCUT2D eigenvalue weighted by Crippen LogP contribution is 2.35. The summed E-state index contributed by atoms with van der Waals surface area (Å²) < 4.78 is 5.47. The molecule has 5 rings (SSSR count). The van der Waals surface area contributed by atoms with Crippen molar-refractivity contribution in [2.75, 3.05) is 18.0 Å². The minimum atomic E-state index is -0.599. The van der Waals surface area contributed by atoms with Crippen LogP contribution in [0.2, 0.25) is 5.02 Å². The average Bonchev–Trinajstić information content (AvgIpc) is 3.46. The number of aryl methyl sites for hydroxylation is 1. The van der Waals surface area contributed by atoms with Gasteiger partial charge in [0.15, 0.2) is 5.78 Å². The normalized spacial score (nSPS) is 18.4. The van der Waals surface area contributed by atoms with E-state index in [1.807, 2.05) is 36.4 Å². The van der Waals surface area contributed by atoms with Crippen LogP contribution in [0.3, 0.4) is 0 Å². The van der Waals surface area contributed by atoms with E-state index >= 15 is 0 Å². The van der Waals surface area contributed by atoms with Crippen molar-refractivity contribution in [1.29, 1.82) is 0 Å². The number of fused-ring (bicyclic) bond motifs is 1. The average molecular weight is 465 g/mol. The van der Waals surface area contributed by atoms with Gasteiger partial charge in [-0.3, -0.25) is 9.59 Å². The summed E-state index contributed by atoms with van der Waals surface area (Å²) in [7, 11) is 0. The lowest BCUT2D eigenvalue weighted by atomic mass is 9.86. The predicted octanol–water partition coefficient (Wildman–Crippen LogP) is 4.53. The SMILES string of the molecule is Cc1nnc(CN2Cc3ccccc3C(C(=O)c3ccc(N4CCCC4)cc3Cl)CC2=O)o1. The zero-order valence-corrected chi connectivity index (χ0v) is 19.2. The summed E-state index contributed by atoms with van der Waals surface area (Å²) in [5.74, 6) is -0.0378. The Morgan fingerprint density at radius 1 is 1.15 bits per heavy atom. The minimum Gasteiger partial charge on any atom is -0.424 e. The molecule has 170 valence electrons. The van der Waals surface area contributed by atoms with Gasteiger partial charge < -0.3 is 14.2 Å². The fourth-order valence-electron chi connectivity index (χ4n) is 4.73. The Hall–Kier alpha value is -3.19. The third kappa shape index (κ3) is 4.37. The number of nitrogens with zero attached hydrogens (tertiary/aromatic N) is 4. The molecular formula is C25H25ClN4O3. The molecule has 0 aliphatic carbocycles. The third-order valence-corrected chi connectivity index (χ3v) is 6.74. The molecule has 0 spiro atoms. The fourth-order valence-corrected chi connectivity index (χ4v) is 5.00. The molecule has 8 heteroatoms. The number of anilines is 1. The Bertz CT molecular complexity index is 1200. The van der Waals surface area contributed by atoms with E-state index in [-0.39, 0.29) is 24.7 Å². The zero-order valence-electron chi connectivity index (χ0n) is 18.5. The first kappa shape index (κ1) is 21.6. The van der Waals surface area contributed by atoms with Crippen LogP contribution in [0.4, 0.5) is 5.69 Å². The molecule has 7 nitrogen and oxygen atoms in total. The summed E-state index contributed by atoms with van der Waals surface area (Å²) in [4.78, 5) is 30.8. The number of hydrogen-bond acceptors (Lipinski definition) is 6. The molecule has 1 fully saturated rings. The Labute approximate surface area is 197 Å². The van der Waals surface area contributed by atoms with Crippen molar-refractivity contribution in [1.82, 2.24) is 15.1 Å². The summed E-state index contributed by atoms with van der Waals surface area (Å²) in [6.07, 6.45) is 2.39. The summed E-state index contributed by atoms with van der Waals surface area (Å²) >= 11 is 6.59. The molecule has 2 aliphatic rings. The van der Waals surface area contributed by atoms with E-state index in [1.165, 1.54) is 12.8 Å². The molecule has 1 saturated heterocycles. The largest absolute Gasteiger partial charge is 0.424 e. The summed E-state index contributed by atoms with van der Waals surface area (Å²) in [6, 6.07) is 13.3. The highest BCUT2D eigenvalue weighted by Gasteiger charge is 2.34. The molecular weight excluding hydrogens is 440 g/mol. The number of aromatic nitrogens is 2. The quantitative estimate of drug-likeness (QED) is 0.516. The first-order valence-electron chi connectivity index (χ1n) is 11.2. The molecule has 1 aromatic heterocycles. The number of hydrogen-bond donors (Lipinski definition) is 0. The minimum absolute atomic E-state index is 0.0627. The second kappa shape index (κ2) is 8.98. The molecule has 1 amide bonds. The van der Waals surface area contributed by atoms with Gasteiger partial charge in [0.2, 0.25) is 17.7 Å². The van der Waals surface area contributed by atoms with E-state index in [4.69, 9.17) is 16.0 Å². The van der Waals surface area contributed by atoms with E-state index in [2.05, 4.69) is 15.1 Å². The molecule has 3 aromatic rings. The number of Topliss-reactive ketones (excluding diaryl/α,β-unsaturated/α-hetero) is 1. The molecule has 0 N–H and O–H groups in total. The molecule has 2 aromatic carbocycles. The van der Waals surface area contributed by atoms with E-state index in [9.17, 15) is 9.59 Å². The zero-order chi connectivity index (χ0) is 22.9. The van der Waals surface area contributed by atoms with Crippen LogP contribution in [0.15, 0.2) is 46.9 Å². The van der Waals surface area contributed by atoms with Crippen LogP contribution in [0, 0.1) is 6.92 Å². The molecule has 2 aliphatic heterocycles. The highest BCUT2D eigenvalue weighted by atomic mass is 35.5. The topological polar surface area (TPSA) is 79.5 Å². The van der Waals surface area contributed by atoms with Gasteiger partial charge in [-0.15, -0.1) is 10.2 Å². The van der Waals surface area contributed by atoms with E-state index < -0.39 is 5.92 Å². The van der Waals surface area contributed by atoms with Gasteiger partial charge in [0, 0.05) is 44.2 Å². The standard InChI is InChI=1S/C25H25ClN4O3/c1-16-27-28-23(33-16)15-30-14-17-6-2-3-7-19(17)21(13-24(30)31)25(32)20-9-8-18(12-22(20)26)29-10-4-5-11-29/h2-3,6-9,12,21H,4-5,10-11,13-15H2,1H3. The number of ketones is 1. The maximum absolute atomic E-state index is 13.7. The van der Waals surface area contributed by atoms with Crippen LogP contribution in [0.5, 0.6) is 0 Å². The monoisotopic (exact) mass is 464 g/mol.